The quantitative estimate of drug-likeness (QED) is 0.839. The van der Waals surface area contributed by atoms with Crippen molar-refractivity contribution in [2.45, 2.75) is 57.6 Å². The van der Waals surface area contributed by atoms with E-state index >= 15 is 0 Å². The van der Waals surface area contributed by atoms with Gasteiger partial charge in [-0.3, -0.25) is 0 Å². The molecule has 1 atom stereocenters. The van der Waals surface area contributed by atoms with Crippen molar-refractivity contribution >= 4 is 5.69 Å². The maximum absolute atomic E-state index is 10.2. The normalized spacial score (nSPS) is 17.9. The van der Waals surface area contributed by atoms with Crippen LogP contribution in [0, 0.1) is 0 Å². The average molecular weight is 277 g/mol. The van der Waals surface area contributed by atoms with Gasteiger partial charge in [0.05, 0.1) is 12.7 Å². The van der Waals surface area contributed by atoms with E-state index in [9.17, 15) is 10.2 Å². The number of aliphatic hydroxyl groups is 2. The Labute approximate surface area is 122 Å². The first kappa shape index (κ1) is 15.3. The summed E-state index contributed by atoms with van der Waals surface area (Å²) in [7, 11) is 0. The van der Waals surface area contributed by atoms with Crippen molar-refractivity contribution in [3.05, 3.63) is 29.8 Å². The number of nitrogens with zero attached hydrogens (tertiary/aromatic N) is 1. The molecule has 0 radical (unpaired) electrons. The van der Waals surface area contributed by atoms with Gasteiger partial charge >= 0.3 is 0 Å². The summed E-state index contributed by atoms with van der Waals surface area (Å²) in [5.74, 6) is 0. The molecule has 0 heterocycles. The van der Waals surface area contributed by atoms with E-state index in [0.29, 0.717) is 19.0 Å². The SMILES string of the molecule is CCC(O)c1ccccc1N(CCO)C1CCCCC1. The molecule has 1 saturated carbocycles. The molecule has 1 fully saturated rings. The van der Waals surface area contributed by atoms with Crippen LogP contribution in [0.1, 0.15) is 57.1 Å². The molecule has 1 aliphatic rings. The van der Waals surface area contributed by atoms with E-state index < -0.39 is 6.10 Å². The standard InChI is InChI=1S/C17H27NO2/c1-2-17(20)15-10-6-7-11-16(15)18(12-13-19)14-8-4-3-5-9-14/h6-7,10-11,14,17,19-20H,2-5,8-9,12-13H2,1H3. The second-order valence-electron chi connectivity index (χ2n) is 5.69. The number of para-hydroxylation sites is 1. The predicted octanol–water partition coefficient (Wildman–Crippen LogP) is 3.26. The minimum absolute atomic E-state index is 0.160. The summed E-state index contributed by atoms with van der Waals surface area (Å²) < 4.78 is 0. The van der Waals surface area contributed by atoms with Crippen molar-refractivity contribution in [2.24, 2.45) is 0 Å². The minimum Gasteiger partial charge on any atom is -0.395 e. The van der Waals surface area contributed by atoms with E-state index in [1.807, 2.05) is 25.1 Å². The van der Waals surface area contributed by atoms with Gasteiger partial charge in [0.1, 0.15) is 0 Å². The van der Waals surface area contributed by atoms with E-state index in [4.69, 9.17) is 0 Å². The topological polar surface area (TPSA) is 43.7 Å². The Morgan fingerprint density at radius 2 is 1.90 bits per heavy atom. The summed E-state index contributed by atoms with van der Waals surface area (Å²) in [5.41, 5.74) is 2.09. The lowest BCUT2D eigenvalue weighted by atomic mass is 9.92. The molecule has 1 aromatic rings. The summed E-state index contributed by atoms with van der Waals surface area (Å²) in [6, 6.07) is 8.60. The molecular formula is C17H27NO2. The Bertz CT molecular complexity index is 402. The molecule has 20 heavy (non-hydrogen) atoms. The maximum atomic E-state index is 10.2. The minimum atomic E-state index is -0.420. The molecule has 2 N–H and O–H groups in total. The van der Waals surface area contributed by atoms with Gasteiger partial charge in [-0.05, 0) is 25.3 Å². The molecule has 1 aromatic carbocycles. The molecular weight excluding hydrogens is 250 g/mol. The highest BCUT2D eigenvalue weighted by molar-refractivity contribution is 5.55. The zero-order chi connectivity index (χ0) is 14.4. The molecule has 0 aliphatic heterocycles. The highest BCUT2D eigenvalue weighted by atomic mass is 16.3. The van der Waals surface area contributed by atoms with Gasteiger partial charge in [0.25, 0.3) is 0 Å². The average Bonchev–Trinajstić information content (AvgIpc) is 2.53. The summed E-state index contributed by atoms with van der Waals surface area (Å²) in [6.45, 7) is 2.81. The van der Waals surface area contributed by atoms with Gasteiger partial charge in [0.2, 0.25) is 0 Å². The molecule has 2 rings (SSSR count). The number of anilines is 1. The molecule has 0 aromatic heterocycles. The molecule has 3 heteroatoms. The molecule has 0 amide bonds. The lowest BCUT2D eigenvalue weighted by Gasteiger charge is -2.37. The van der Waals surface area contributed by atoms with Crippen molar-refractivity contribution in [3.63, 3.8) is 0 Å². The van der Waals surface area contributed by atoms with Crippen LogP contribution >= 0.6 is 0 Å². The van der Waals surface area contributed by atoms with Crippen molar-refractivity contribution in [1.29, 1.82) is 0 Å². The Hall–Kier alpha value is -1.06. The summed E-state index contributed by atoms with van der Waals surface area (Å²) in [5, 5.41) is 19.6. The lowest BCUT2D eigenvalue weighted by Crippen LogP contribution is -2.39. The van der Waals surface area contributed by atoms with Crippen LogP contribution in [0.15, 0.2) is 24.3 Å². The van der Waals surface area contributed by atoms with Gasteiger partial charge < -0.3 is 15.1 Å². The third-order valence-corrected chi connectivity index (χ3v) is 4.35. The van der Waals surface area contributed by atoms with Crippen LogP contribution in [0.2, 0.25) is 0 Å². The summed E-state index contributed by atoms with van der Waals surface area (Å²) in [6.07, 6.45) is 6.54. The van der Waals surface area contributed by atoms with Crippen LogP contribution in [-0.4, -0.2) is 29.4 Å². The van der Waals surface area contributed by atoms with Gasteiger partial charge in [0.15, 0.2) is 0 Å². The van der Waals surface area contributed by atoms with E-state index in [-0.39, 0.29) is 6.61 Å². The molecule has 112 valence electrons. The number of rotatable bonds is 6. The highest BCUT2D eigenvalue weighted by Crippen LogP contribution is 2.33. The van der Waals surface area contributed by atoms with Gasteiger partial charge in [-0.15, -0.1) is 0 Å². The van der Waals surface area contributed by atoms with Gasteiger partial charge in [-0.2, -0.15) is 0 Å². The lowest BCUT2D eigenvalue weighted by molar-refractivity contribution is 0.173. The second-order valence-corrected chi connectivity index (χ2v) is 5.69. The van der Waals surface area contributed by atoms with Crippen molar-refractivity contribution in [1.82, 2.24) is 0 Å². The number of hydrogen-bond donors (Lipinski definition) is 2. The van der Waals surface area contributed by atoms with Crippen molar-refractivity contribution in [2.75, 3.05) is 18.1 Å². The third-order valence-electron chi connectivity index (χ3n) is 4.35. The maximum Gasteiger partial charge on any atom is 0.0807 e. The van der Waals surface area contributed by atoms with E-state index in [1.54, 1.807) is 0 Å². The molecule has 3 nitrogen and oxygen atoms in total. The smallest absolute Gasteiger partial charge is 0.0807 e. The van der Waals surface area contributed by atoms with Crippen molar-refractivity contribution in [3.8, 4) is 0 Å². The first-order chi connectivity index (χ1) is 9.77. The van der Waals surface area contributed by atoms with Gasteiger partial charge in [0, 0.05) is 23.8 Å². The van der Waals surface area contributed by atoms with E-state index in [1.165, 1.54) is 32.1 Å². The Morgan fingerprint density at radius 1 is 1.20 bits per heavy atom. The molecule has 0 spiro atoms. The van der Waals surface area contributed by atoms with Gasteiger partial charge in [-0.1, -0.05) is 44.4 Å². The van der Waals surface area contributed by atoms with Crippen LogP contribution in [0.25, 0.3) is 0 Å². The highest BCUT2D eigenvalue weighted by Gasteiger charge is 2.24. The first-order valence-corrected chi connectivity index (χ1v) is 7.92. The van der Waals surface area contributed by atoms with E-state index in [0.717, 1.165) is 11.3 Å². The molecule has 1 unspecified atom stereocenters. The fourth-order valence-electron chi connectivity index (χ4n) is 3.25. The van der Waals surface area contributed by atoms with Crippen LogP contribution in [0.3, 0.4) is 0 Å². The summed E-state index contributed by atoms with van der Waals surface area (Å²) >= 11 is 0. The fourth-order valence-corrected chi connectivity index (χ4v) is 3.25. The first-order valence-electron chi connectivity index (χ1n) is 7.92. The number of hydrogen-bond acceptors (Lipinski definition) is 3. The second kappa shape index (κ2) is 7.65. The largest absolute Gasteiger partial charge is 0.395 e. The van der Waals surface area contributed by atoms with Crippen molar-refractivity contribution < 1.29 is 10.2 Å². The van der Waals surface area contributed by atoms with Crippen LogP contribution < -0.4 is 4.90 Å². The van der Waals surface area contributed by atoms with Crippen LogP contribution in [0.4, 0.5) is 5.69 Å². The monoisotopic (exact) mass is 277 g/mol. The molecule has 0 bridgehead atoms. The Morgan fingerprint density at radius 3 is 2.55 bits per heavy atom. The Kier molecular flexibility index (Phi) is 5.86. The predicted molar refractivity (Wildman–Crippen MR) is 83.0 cm³/mol. The Balaban J connectivity index is 2.28. The summed E-state index contributed by atoms with van der Waals surface area (Å²) in [4.78, 5) is 2.31. The van der Waals surface area contributed by atoms with Crippen LogP contribution in [-0.2, 0) is 0 Å². The fraction of sp³-hybridized carbons (Fsp3) is 0.647. The zero-order valence-electron chi connectivity index (χ0n) is 12.5. The zero-order valence-corrected chi connectivity index (χ0v) is 12.5. The van der Waals surface area contributed by atoms with E-state index in [2.05, 4.69) is 11.0 Å². The number of aliphatic hydroxyl groups excluding tert-OH is 2. The third kappa shape index (κ3) is 3.53. The molecule has 1 aliphatic carbocycles. The molecule has 0 saturated heterocycles. The number of benzene rings is 1. The van der Waals surface area contributed by atoms with Gasteiger partial charge in [-0.25, -0.2) is 0 Å². The van der Waals surface area contributed by atoms with Crippen LogP contribution in [0.5, 0.6) is 0 Å².